The molecule has 0 radical (unpaired) electrons. The molecule has 27 heavy (non-hydrogen) atoms. The third-order valence-electron chi connectivity index (χ3n) is 4.39. The second-order valence-electron chi connectivity index (χ2n) is 6.48. The summed E-state index contributed by atoms with van der Waals surface area (Å²) in [7, 11) is -2.95. The van der Waals surface area contributed by atoms with E-state index in [-0.39, 0.29) is 28.7 Å². The van der Waals surface area contributed by atoms with Crippen molar-refractivity contribution < 1.29 is 13.2 Å². The van der Waals surface area contributed by atoms with Crippen molar-refractivity contribution in [3.63, 3.8) is 0 Å². The average Bonchev–Trinajstić information content (AvgIpc) is 3.13. The molecule has 0 aliphatic carbocycles. The standard InChI is InChI=1S/C18H18N4O3S2/c23-17(20-9-12-2-1-7-19-8-12)13-3-5-14(6-4-13)21-18-22-15-10-27(24,25)11-16(15)26-18/h1-8,15-16H,9-11H2,(H,20,23)(H,21,22)/t15-,16-/m0/s1. The van der Waals surface area contributed by atoms with E-state index in [9.17, 15) is 13.2 Å². The molecule has 9 heteroatoms. The second-order valence-corrected chi connectivity index (χ2v) is 9.86. The predicted octanol–water partition coefficient (Wildman–Crippen LogP) is 1.69. The number of hydrogen-bond donors (Lipinski definition) is 2. The number of sulfone groups is 1. The van der Waals surface area contributed by atoms with Crippen LogP contribution in [0.4, 0.5) is 5.69 Å². The fourth-order valence-electron chi connectivity index (χ4n) is 3.03. The van der Waals surface area contributed by atoms with Crippen molar-refractivity contribution in [2.45, 2.75) is 17.8 Å². The van der Waals surface area contributed by atoms with Crippen molar-refractivity contribution >= 4 is 38.4 Å². The number of hydrogen-bond acceptors (Lipinski definition) is 7. The van der Waals surface area contributed by atoms with E-state index in [1.54, 1.807) is 24.5 Å². The first kappa shape index (κ1) is 18.0. The molecule has 2 aliphatic rings. The first-order valence-corrected chi connectivity index (χ1v) is 11.2. The molecular weight excluding hydrogens is 384 g/mol. The molecular formula is C18H18N4O3S2. The maximum atomic E-state index is 12.2. The van der Waals surface area contributed by atoms with Gasteiger partial charge in [-0.1, -0.05) is 17.8 Å². The number of aliphatic imine (C=N–C) groups is 1. The zero-order valence-corrected chi connectivity index (χ0v) is 16.0. The van der Waals surface area contributed by atoms with Crippen molar-refractivity contribution in [1.29, 1.82) is 0 Å². The van der Waals surface area contributed by atoms with Crippen molar-refractivity contribution in [2.75, 3.05) is 16.8 Å². The largest absolute Gasteiger partial charge is 0.348 e. The summed E-state index contributed by atoms with van der Waals surface area (Å²) in [4.78, 5) is 20.7. The fraction of sp³-hybridized carbons (Fsp3) is 0.278. The van der Waals surface area contributed by atoms with E-state index in [4.69, 9.17) is 0 Å². The summed E-state index contributed by atoms with van der Waals surface area (Å²) in [5.74, 6) is 0.164. The Morgan fingerprint density at radius 3 is 2.70 bits per heavy atom. The molecule has 0 unspecified atom stereocenters. The van der Waals surface area contributed by atoms with Crippen LogP contribution in [0.5, 0.6) is 0 Å². The lowest BCUT2D eigenvalue weighted by atomic mass is 10.2. The van der Waals surface area contributed by atoms with E-state index in [1.807, 2.05) is 24.3 Å². The number of nitrogens with zero attached hydrogens (tertiary/aromatic N) is 2. The molecule has 4 rings (SSSR count). The number of anilines is 1. The number of nitrogens with one attached hydrogen (secondary N) is 2. The van der Waals surface area contributed by atoms with Crippen LogP contribution in [0.25, 0.3) is 0 Å². The number of rotatable bonds is 4. The van der Waals surface area contributed by atoms with Gasteiger partial charge in [-0.15, -0.1) is 0 Å². The highest BCUT2D eigenvalue weighted by Crippen LogP contribution is 2.34. The maximum absolute atomic E-state index is 12.2. The SMILES string of the molecule is O=C(NCc1cccnc1)c1ccc(NC2=N[C@H]3CS(=O)(=O)C[C@@H]3S2)cc1. The smallest absolute Gasteiger partial charge is 0.251 e. The minimum atomic E-state index is -2.95. The Morgan fingerprint density at radius 2 is 2.00 bits per heavy atom. The first-order valence-electron chi connectivity index (χ1n) is 8.48. The van der Waals surface area contributed by atoms with Gasteiger partial charge in [-0.05, 0) is 35.9 Å². The fourth-order valence-corrected chi connectivity index (χ4v) is 6.71. The zero-order chi connectivity index (χ0) is 18.9. The molecule has 1 aromatic heterocycles. The van der Waals surface area contributed by atoms with Gasteiger partial charge in [0.25, 0.3) is 5.91 Å². The number of carbonyl (C=O) groups excluding carboxylic acids is 1. The summed E-state index contributed by atoms with van der Waals surface area (Å²) in [6.45, 7) is 0.422. The van der Waals surface area contributed by atoms with Gasteiger partial charge >= 0.3 is 0 Å². The van der Waals surface area contributed by atoms with Crippen LogP contribution in [0.1, 0.15) is 15.9 Å². The van der Waals surface area contributed by atoms with Crippen molar-refractivity contribution in [2.24, 2.45) is 4.99 Å². The number of carbonyl (C=O) groups is 1. The number of pyridine rings is 1. The minimum absolute atomic E-state index is 0.00928. The molecule has 7 nitrogen and oxygen atoms in total. The maximum Gasteiger partial charge on any atom is 0.251 e. The van der Waals surface area contributed by atoms with Crippen LogP contribution in [0.3, 0.4) is 0 Å². The molecule has 3 heterocycles. The number of fused-ring (bicyclic) bond motifs is 1. The van der Waals surface area contributed by atoms with Gasteiger partial charge in [0.15, 0.2) is 15.0 Å². The average molecular weight is 403 g/mol. The Morgan fingerprint density at radius 1 is 1.19 bits per heavy atom. The molecule has 1 saturated heterocycles. The van der Waals surface area contributed by atoms with E-state index in [0.717, 1.165) is 16.4 Å². The summed E-state index contributed by atoms with van der Waals surface area (Å²) in [6.07, 6.45) is 3.41. The molecule has 2 aromatic rings. The van der Waals surface area contributed by atoms with E-state index in [0.29, 0.717) is 12.1 Å². The van der Waals surface area contributed by atoms with Gasteiger partial charge < -0.3 is 10.6 Å². The lowest BCUT2D eigenvalue weighted by molar-refractivity contribution is 0.0951. The van der Waals surface area contributed by atoms with Crippen LogP contribution in [0.15, 0.2) is 53.8 Å². The van der Waals surface area contributed by atoms with Gasteiger partial charge in [-0.2, -0.15) is 0 Å². The van der Waals surface area contributed by atoms with Gasteiger partial charge in [0.1, 0.15) is 0 Å². The number of amidine groups is 1. The predicted molar refractivity (Wildman–Crippen MR) is 107 cm³/mol. The summed E-state index contributed by atoms with van der Waals surface area (Å²) >= 11 is 1.47. The van der Waals surface area contributed by atoms with E-state index < -0.39 is 9.84 Å². The highest BCUT2D eigenvalue weighted by atomic mass is 32.2. The lowest BCUT2D eigenvalue weighted by Crippen LogP contribution is -2.22. The normalized spacial score (nSPS) is 22.7. The zero-order valence-electron chi connectivity index (χ0n) is 14.3. The minimum Gasteiger partial charge on any atom is -0.348 e. The van der Waals surface area contributed by atoms with Crippen molar-refractivity contribution in [3.05, 3.63) is 59.9 Å². The number of benzene rings is 1. The highest BCUT2D eigenvalue weighted by Gasteiger charge is 2.42. The number of amides is 1. The van der Waals surface area contributed by atoms with Gasteiger partial charge in [-0.3, -0.25) is 14.8 Å². The third-order valence-corrected chi connectivity index (χ3v) is 7.53. The van der Waals surface area contributed by atoms with E-state index in [2.05, 4.69) is 20.6 Å². The lowest BCUT2D eigenvalue weighted by Gasteiger charge is -2.08. The molecule has 2 aliphatic heterocycles. The van der Waals surface area contributed by atoms with Crippen LogP contribution in [0.2, 0.25) is 0 Å². The molecule has 0 bridgehead atoms. The molecule has 2 N–H and O–H groups in total. The van der Waals surface area contributed by atoms with Crippen molar-refractivity contribution in [3.8, 4) is 0 Å². The third kappa shape index (κ3) is 4.30. The molecule has 0 saturated carbocycles. The molecule has 2 atom stereocenters. The monoisotopic (exact) mass is 402 g/mol. The summed E-state index contributed by atoms with van der Waals surface area (Å²) in [5, 5.41) is 6.80. The Hall–Kier alpha value is -2.39. The van der Waals surface area contributed by atoms with Gasteiger partial charge in [0.05, 0.1) is 17.5 Å². The molecule has 1 fully saturated rings. The summed E-state index contributed by atoms with van der Waals surface area (Å²) in [6, 6.07) is 10.7. The van der Waals surface area contributed by atoms with Gasteiger partial charge in [0, 0.05) is 35.4 Å². The Labute approximate surface area is 161 Å². The quantitative estimate of drug-likeness (QED) is 0.807. The van der Waals surface area contributed by atoms with Gasteiger partial charge in [-0.25, -0.2) is 8.42 Å². The first-order chi connectivity index (χ1) is 13.0. The van der Waals surface area contributed by atoms with Crippen LogP contribution >= 0.6 is 11.8 Å². The second kappa shape index (κ2) is 7.32. The van der Waals surface area contributed by atoms with Gasteiger partial charge in [0.2, 0.25) is 0 Å². The number of aromatic nitrogens is 1. The Balaban J connectivity index is 1.33. The Kier molecular flexibility index (Phi) is 4.88. The molecule has 1 aromatic carbocycles. The highest BCUT2D eigenvalue weighted by molar-refractivity contribution is 8.15. The topological polar surface area (TPSA) is 101 Å². The van der Waals surface area contributed by atoms with E-state index >= 15 is 0 Å². The molecule has 140 valence electrons. The molecule has 1 amide bonds. The summed E-state index contributed by atoms with van der Waals surface area (Å²) < 4.78 is 23.2. The van der Waals surface area contributed by atoms with E-state index in [1.165, 1.54) is 11.8 Å². The van der Waals surface area contributed by atoms with Crippen LogP contribution in [-0.2, 0) is 16.4 Å². The van der Waals surface area contributed by atoms with Crippen molar-refractivity contribution in [1.82, 2.24) is 10.3 Å². The van der Waals surface area contributed by atoms with Crippen LogP contribution < -0.4 is 10.6 Å². The Bertz CT molecular complexity index is 975. The summed E-state index contributed by atoms with van der Waals surface area (Å²) in [5.41, 5.74) is 2.31. The van der Waals surface area contributed by atoms with Crippen LogP contribution in [0, 0.1) is 0 Å². The number of thioether (sulfide) groups is 1. The van der Waals surface area contributed by atoms with Crippen LogP contribution in [-0.4, -0.2) is 47.3 Å². The molecule has 0 spiro atoms.